The molecule has 2 aliphatic rings. The summed E-state index contributed by atoms with van der Waals surface area (Å²) in [5.41, 5.74) is 1.24. The molecule has 0 aliphatic carbocycles. The molecule has 0 saturated carbocycles. The SMILES string of the molecule is Cc1cc(C(=O)N2CCC(N3C(=O)OCC3C)CC2)n(C(C)(C)C)n1. The minimum atomic E-state index is -0.244. The fourth-order valence-electron chi connectivity index (χ4n) is 3.71. The van der Waals surface area contributed by atoms with Crippen LogP contribution in [0.3, 0.4) is 0 Å². The van der Waals surface area contributed by atoms with Gasteiger partial charge in [0.05, 0.1) is 17.3 Å². The number of aryl methyl sites for hydroxylation is 1. The number of cyclic esters (lactones) is 1. The average molecular weight is 348 g/mol. The summed E-state index contributed by atoms with van der Waals surface area (Å²) in [4.78, 5) is 28.6. The number of aromatic nitrogens is 2. The Bertz CT molecular complexity index is 668. The van der Waals surface area contributed by atoms with Gasteiger partial charge in [-0.3, -0.25) is 14.4 Å². The van der Waals surface area contributed by atoms with Crippen molar-refractivity contribution in [2.24, 2.45) is 0 Å². The second-order valence-electron chi connectivity index (χ2n) is 8.11. The largest absolute Gasteiger partial charge is 0.447 e. The van der Waals surface area contributed by atoms with Crippen LogP contribution in [0.2, 0.25) is 0 Å². The van der Waals surface area contributed by atoms with E-state index in [9.17, 15) is 9.59 Å². The number of carbonyl (C=O) groups is 2. The highest BCUT2D eigenvalue weighted by molar-refractivity contribution is 5.93. The summed E-state index contributed by atoms with van der Waals surface area (Å²) >= 11 is 0. The highest BCUT2D eigenvalue weighted by Crippen LogP contribution is 2.25. The number of amides is 2. The molecule has 1 atom stereocenters. The van der Waals surface area contributed by atoms with Gasteiger partial charge in [0.2, 0.25) is 0 Å². The lowest BCUT2D eigenvalue weighted by atomic mass is 10.0. The van der Waals surface area contributed by atoms with Crippen molar-refractivity contribution in [1.29, 1.82) is 0 Å². The van der Waals surface area contributed by atoms with Crippen molar-refractivity contribution in [2.75, 3.05) is 19.7 Å². The fraction of sp³-hybridized carbons (Fsp3) is 0.722. The summed E-state index contributed by atoms with van der Waals surface area (Å²) in [5, 5.41) is 4.50. The first-order valence-corrected chi connectivity index (χ1v) is 9.00. The molecule has 0 N–H and O–H groups in total. The van der Waals surface area contributed by atoms with Gasteiger partial charge in [0, 0.05) is 19.1 Å². The van der Waals surface area contributed by atoms with E-state index in [1.54, 1.807) is 0 Å². The number of rotatable bonds is 2. The highest BCUT2D eigenvalue weighted by Gasteiger charge is 2.38. The number of carbonyl (C=O) groups excluding carboxylic acids is 2. The molecular formula is C18H28N4O3. The number of hydrogen-bond donors (Lipinski definition) is 0. The molecule has 0 aromatic carbocycles. The highest BCUT2D eigenvalue weighted by atomic mass is 16.6. The van der Waals surface area contributed by atoms with Crippen molar-refractivity contribution in [2.45, 2.75) is 65.1 Å². The van der Waals surface area contributed by atoms with Gasteiger partial charge in [-0.2, -0.15) is 5.10 Å². The van der Waals surface area contributed by atoms with Gasteiger partial charge in [-0.05, 0) is 53.5 Å². The fourth-order valence-corrected chi connectivity index (χ4v) is 3.71. The van der Waals surface area contributed by atoms with E-state index in [4.69, 9.17) is 4.74 Å². The molecule has 1 aromatic rings. The van der Waals surface area contributed by atoms with Crippen LogP contribution in [0.5, 0.6) is 0 Å². The van der Waals surface area contributed by atoms with Crippen molar-refractivity contribution in [3.8, 4) is 0 Å². The molecule has 2 fully saturated rings. The molecular weight excluding hydrogens is 320 g/mol. The molecule has 25 heavy (non-hydrogen) atoms. The lowest BCUT2D eigenvalue weighted by Gasteiger charge is -2.37. The predicted molar refractivity (Wildman–Crippen MR) is 93.5 cm³/mol. The van der Waals surface area contributed by atoms with Gasteiger partial charge in [-0.1, -0.05) is 0 Å². The van der Waals surface area contributed by atoms with Crippen LogP contribution in [-0.4, -0.2) is 63.4 Å². The number of likely N-dealkylation sites (tertiary alicyclic amines) is 1. The van der Waals surface area contributed by atoms with Crippen LogP contribution < -0.4 is 0 Å². The molecule has 2 saturated heterocycles. The molecule has 7 heteroatoms. The van der Waals surface area contributed by atoms with Crippen molar-refractivity contribution in [1.82, 2.24) is 19.6 Å². The summed E-state index contributed by atoms with van der Waals surface area (Å²) in [6.45, 7) is 11.8. The molecule has 1 aromatic heterocycles. The summed E-state index contributed by atoms with van der Waals surface area (Å²) < 4.78 is 6.94. The van der Waals surface area contributed by atoms with Gasteiger partial charge in [-0.25, -0.2) is 4.79 Å². The van der Waals surface area contributed by atoms with E-state index >= 15 is 0 Å². The third kappa shape index (κ3) is 3.37. The minimum Gasteiger partial charge on any atom is -0.447 e. The summed E-state index contributed by atoms with van der Waals surface area (Å²) in [7, 11) is 0. The van der Waals surface area contributed by atoms with Gasteiger partial charge in [0.25, 0.3) is 5.91 Å². The summed E-state index contributed by atoms with van der Waals surface area (Å²) in [5.74, 6) is 0.0195. The van der Waals surface area contributed by atoms with Crippen LogP contribution in [0.1, 0.15) is 56.7 Å². The van der Waals surface area contributed by atoms with Crippen molar-refractivity contribution in [3.63, 3.8) is 0 Å². The summed E-state index contributed by atoms with van der Waals surface area (Å²) in [6.07, 6.45) is 1.35. The zero-order chi connectivity index (χ0) is 18.4. The van der Waals surface area contributed by atoms with Gasteiger partial charge >= 0.3 is 6.09 Å². The van der Waals surface area contributed by atoms with E-state index in [2.05, 4.69) is 5.10 Å². The third-order valence-corrected chi connectivity index (χ3v) is 4.96. The zero-order valence-electron chi connectivity index (χ0n) is 15.8. The van der Waals surface area contributed by atoms with E-state index in [1.807, 2.05) is 55.2 Å². The van der Waals surface area contributed by atoms with E-state index in [0.29, 0.717) is 25.4 Å². The number of nitrogens with zero attached hydrogens (tertiary/aromatic N) is 4. The van der Waals surface area contributed by atoms with Crippen molar-refractivity contribution in [3.05, 3.63) is 17.5 Å². The molecule has 2 amide bonds. The maximum Gasteiger partial charge on any atom is 0.410 e. The Kier molecular flexibility index (Phi) is 4.51. The first-order chi connectivity index (χ1) is 11.7. The lowest BCUT2D eigenvalue weighted by Crippen LogP contribution is -2.49. The average Bonchev–Trinajstić information content (AvgIpc) is 3.09. The van der Waals surface area contributed by atoms with E-state index in [-0.39, 0.29) is 29.6 Å². The van der Waals surface area contributed by atoms with Crippen LogP contribution in [0.4, 0.5) is 4.79 Å². The maximum atomic E-state index is 13.0. The Morgan fingerprint density at radius 1 is 1.28 bits per heavy atom. The monoisotopic (exact) mass is 348 g/mol. The minimum absolute atomic E-state index is 0.0195. The first kappa shape index (κ1) is 17.8. The van der Waals surface area contributed by atoms with Crippen LogP contribution in [0.15, 0.2) is 6.07 Å². The van der Waals surface area contributed by atoms with Crippen LogP contribution in [0.25, 0.3) is 0 Å². The van der Waals surface area contributed by atoms with Gasteiger partial charge in [0.15, 0.2) is 0 Å². The van der Waals surface area contributed by atoms with E-state index in [1.165, 1.54) is 0 Å². The number of piperidine rings is 1. The smallest absolute Gasteiger partial charge is 0.410 e. The quantitative estimate of drug-likeness (QED) is 0.823. The molecule has 1 unspecified atom stereocenters. The molecule has 3 rings (SSSR count). The standard InChI is InChI=1S/C18H28N4O3/c1-12-10-15(22(19-12)18(3,4)5)16(23)20-8-6-14(7-9-20)21-13(2)11-25-17(21)24/h10,13-14H,6-9,11H2,1-5H3. The van der Waals surface area contributed by atoms with Crippen molar-refractivity contribution >= 4 is 12.0 Å². The van der Waals surface area contributed by atoms with Crippen LogP contribution in [-0.2, 0) is 10.3 Å². The Hall–Kier alpha value is -2.05. The molecule has 138 valence electrons. The van der Waals surface area contributed by atoms with Crippen LogP contribution >= 0.6 is 0 Å². The molecule has 7 nitrogen and oxygen atoms in total. The Balaban J connectivity index is 1.69. The lowest BCUT2D eigenvalue weighted by molar-refractivity contribution is 0.0622. The van der Waals surface area contributed by atoms with E-state index < -0.39 is 0 Å². The number of ether oxygens (including phenoxy) is 1. The predicted octanol–water partition coefficient (Wildman–Crippen LogP) is 2.39. The van der Waals surface area contributed by atoms with Gasteiger partial charge in [0.1, 0.15) is 12.3 Å². The topological polar surface area (TPSA) is 67.7 Å². The molecule has 3 heterocycles. The van der Waals surface area contributed by atoms with Gasteiger partial charge in [-0.15, -0.1) is 0 Å². The third-order valence-electron chi connectivity index (χ3n) is 4.96. The molecule has 0 spiro atoms. The molecule has 0 radical (unpaired) electrons. The first-order valence-electron chi connectivity index (χ1n) is 9.00. The maximum absolute atomic E-state index is 13.0. The van der Waals surface area contributed by atoms with E-state index in [0.717, 1.165) is 18.5 Å². The van der Waals surface area contributed by atoms with Crippen molar-refractivity contribution < 1.29 is 14.3 Å². The number of hydrogen-bond acceptors (Lipinski definition) is 4. The molecule has 0 bridgehead atoms. The Morgan fingerprint density at radius 2 is 1.92 bits per heavy atom. The Morgan fingerprint density at radius 3 is 2.44 bits per heavy atom. The second kappa shape index (κ2) is 6.35. The molecule has 2 aliphatic heterocycles. The zero-order valence-corrected chi connectivity index (χ0v) is 15.8. The normalized spacial score (nSPS) is 22.4. The second-order valence-corrected chi connectivity index (χ2v) is 8.11. The van der Waals surface area contributed by atoms with Crippen LogP contribution in [0, 0.1) is 6.92 Å². The summed E-state index contributed by atoms with van der Waals surface area (Å²) in [6, 6.07) is 2.13. The van der Waals surface area contributed by atoms with Gasteiger partial charge < -0.3 is 9.64 Å². The Labute approximate surface area is 148 Å².